The third-order valence-corrected chi connectivity index (χ3v) is 8.07. The van der Waals surface area contributed by atoms with Crippen molar-refractivity contribution in [1.82, 2.24) is 9.62 Å². The molecule has 0 aromatic heterocycles. The molecule has 6 nitrogen and oxygen atoms in total. The van der Waals surface area contributed by atoms with Crippen molar-refractivity contribution in [3.05, 3.63) is 24.3 Å². The van der Waals surface area contributed by atoms with Crippen LogP contribution in [-0.2, 0) is 19.9 Å². The molecule has 1 saturated heterocycles. The van der Waals surface area contributed by atoms with Gasteiger partial charge in [-0.1, -0.05) is 19.9 Å². The van der Waals surface area contributed by atoms with Gasteiger partial charge in [0.1, 0.15) is 0 Å². The zero-order chi connectivity index (χ0) is 17.8. The van der Waals surface area contributed by atoms with E-state index < -0.39 is 19.9 Å². The fraction of sp³-hybridized carbons (Fsp3) is 0.625. The van der Waals surface area contributed by atoms with Crippen molar-refractivity contribution < 1.29 is 16.8 Å². The van der Waals surface area contributed by atoms with Crippen molar-refractivity contribution in [2.75, 3.05) is 31.9 Å². The zero-order valence-electron chi connectivity index (χ0n) is 14.6. The van der Waals surface area contributed by atoms with E-state index in [1.807, 2.05) is 0 Å². The molecule has 0 aliphatic carbocycles. The molecule has 0 unspecified atom stereocenters. The van der Waals surface area contributed by atoms with E-state index in [-0.39, 0.29) is 28.0 Å². The Bertz CT molecular complexity index is 758. The molecule has 1 aromatic carbocycles. The van der Waals surface area contributed by atoms with Gasteiger partial charge >= 0.3 is 0 Å². The molecule has 1 heterocycles. The summed E-state index contributed by atoms with van der Waals surface area (Å²) >= 11 is 0. The van der Waals surface area contributed by atoms with Crippen LogP contribution in [0.5, 0.6) is 0 Å². The maximum atomic E-state index is 12.8. The Labute approximate surface area is 157 Å². The normalized spacial score (nSPS) is 17.2. The smallest absolute Gasteiger partial charge is 0.243 e. The fourth-order valence-corrected chi connectivity index (χ4v) is 5.36. The van der Waals surface area contributed by atoms with Crippen LogP contribution in [-0.4, -0.2) is 53.1 Å². The van der Waals surface area contributed by atoms with Crippen LogP contribution >= 0.6 is 12.4 Å². The van der Waals surface area contributed by atoms with E-state index in [0.29, 0.717) is 19.0 Å². The average Bonchev–Trinajstić information content (AvgIpc) is 2.60. The Hall–Kier alpha value is -0.670. The first-order valence-electron chi connectivity index (χ1n) is 8.35. The number of nitrogens with one attached hydrogen (secondary N) is 1. The van der Waals surface area contributed by atoms with E-state index in [2.05, 4.69) is 12.2 Å². The summed E-state index contributed by atoms with van der Waals surface area (Å²) in [5.74, 6) is 0.440. The number of hydrogen-bond donors (Lipinski definition) is 1. The van der Waals surface area contributed by atoms with Gasteiger partial charge in [-0.15, -0.1) is 12.4 Å². The molecule has 0 bridgehead atoms. The lowest BCUT2D eigenvalue weighted by molar-refractivity contribution is 0.268. The molecule has 1 fully saturated rings. The lowest BCUT2D eigenvalue weighted by atomic mass is 9.98. The number of hydrogen-bond acceptors (Lipinski definition) is 5. The van der Waals surface area contributed by atoms with Gasteiger partial charge in [-0.3, -0.25) is 0 Å². The van der Waals surface area contributed by atoms with Gasteiger partial charge in [0, 0.05) is 13.1 Å². The highest BCUT2D eigenvalue weighted by Crippen LogP contribution is 2.25. The molecule has 1 N–H and O–H groups in total. The van der Waals surface area contributed by atoms with Gasteiger partial charge in [-0.05, 0) is 50.0 Å². The third-order valence-electron chi connectivity index (χ3n) is 4.44. The first-order chi connectivity index (χ1) is 11.3. The van der Waals surface area contributed by atoms with Gasteiger partial charge in [0.25, 0.3) is 0 Å². The van der Waals surface area contributed by atoms with Crippen LogP contribution in [0, 0.1) is 5.92 Å². The summed E-state index contributed by atoms with van der Waals surface area (Å²) in [5.41, 5.74) is 0. The van der Waals surface area contributed by atoms with Crippen LogP contribution in [0.2, 0.25) is 0 Å². The van der Waals surface area contributed by atoms with E-state index in [1.165, 1.54) is 28.6 Å². The second-order valence-electron chi connectivity index (χ2n) is 6.03. The first-order valence-corrected chi connectivity index (χ1v) is 11.4. The number of halogens is 1. The molecule has 0 atom stereocenters. The molecular formula is C16H27ClN2O4S2. The fourth-order valence-electron chi connectivity index (χ4n) is 2.85. The van der Waals surface area contributed by atoms with Crippen LogP contribution in [0.1, 0.15) is 26.7 Å². The van der Waals surface area contributed by atoms with E-state index in [0.717, 1.165) is 25.9 Å². The Balaban J connectivity index is 0.00000312. The monoisotopic (exact) mass is 410 g/mol. The number of sulfone groups is 1. The standard InChI is InChI=1S/C16H26N2O4S2.ClH/c1-3-17-13-14-8-10-18(11-9-14)24(21,22)16-7-5-6-15(12-16)23(19,20)4-2;/h5-7,12,14,17H,3-4,8-11,13H2,1-2H3;1H. The summed E-state index contributed by atoms with van der Waals surface area (Å²) in [6, 6.07) is 5.68. The Morgan fingerprint density at radius 3 is 2.24 bits per heavy atom. The topological polar surface area (TPSA) is 83.6 Å². The Morgan fingerprint density at radius 2 is 1.68 bits per heavy atom. The maximum Gasteiger partial charge on any atom is 0.243 e. The average molecular weight is 411 g/mol. The van der Waals surface area contributed by atoms with Crippen LogP contribution < -0.4 is 5.32 Å². The van der Waals surface area contributed by atoms with Crippen LogP contribution in [0.3, 0.4) is 0 Å². The number of piperidine rings is 1. The second kappa shape index (κ2) is 9.32. The summed E-state index contributed by atoms with van der Waals surface area (Å²) in [7, 11) is -7.07. The van der Waals surface area contributed by atoms with E-state index in [1.54, 1.807) is 6.92 Å². The number of rotatable bonds is 7. The van der Waals surface area contributed by atoms with Crippen LogP contribution in [0.4, 0.5) is 0 Å². The predicted octanol–water partition coefficient (Wildman–Crippen LogP) is 1.91. The summed E-state index contributed by atoms with van der Waals surface area (Å²) in [5, 5.41) is 3.30. The quantitative estimate of drug-likeness (QED) is 0.742. The summed E-state index contributed by atoms with van der Waals surface area (Å²) < 4.78 is 51.0. The molecule has 0 saturated carbocycles. The van der Waals surface area contributed by atoms with E-state index >= 15 is 0 Å². The summed E-state index contributed by atoms with van der Waals surface area (Å²) in [6.07, 6.45) is 1.64. The highest BCUT2D eigenvalue weighted by Gasteiger charge is 2.29. The van der Waals surface area contributed by atoms with Gasteiger partial charge in [0.05, 0.1) is 15.5 Å². The SMILES string of the molecule is CCNCC1CCN(S(=O)(=O)c2cccc(S(=O)(=O)CC)c2)CC1.Cl. The molecule has 1 aliphatic rings. The highest BCUT2D eigenvalue weighted by molar-refractivity contribution is 7.91. The van der Waals surface area contributed by atoms with Crippen molar-refractivity contribution in [2.24, 2.45) is 5.92 Å². The third kappa shape index (κ3) is 5.40. The largest absolute Gasteiger partial charge is 0.317 e. The molecule has 1 aliphatic heterocycles. The molecule has 0 spiro atoms. The van der Waals surface area contributed by atoms with Crippen LogP contribution in [0.15, 0.2) is 34.1 Å². The van der Waals surface area contributed by atoms with E-state index in [9.17, 15) is 16.8 Å². The molecule has 25 heavy (non-hydrogen) atoms. The minimum Gasteiger partial charge on any atom is -0.317 e. The Morgan fingerprint density at radius 1 is 1.08 bits per heavy atom. The lowest BCUT2D eigenvalue weighted by Gasteiger charge is -2.31. The molecule has 0 amide bonds. The van der Waals surface area contributed by atoms with Gasteiger partial charge in [-0.2, -0.15) is 4.31 Å². The molecule has 144 valence electrons. The minimum absolute atomic E-state index is 0. The number of nitrogens with zero attached hydrogens (tertiary/aromatic N) is 1. The zero-order valence-corrected chi connectivity index (χ0v) is 17.1. The Kier molecular flexibility index (Phi) is 8.34. The van der Waals surface area contributed by atoms with Crippen molar-refractivity contribution >= 4 is 32.3 Å². The molecule has 1 aromatic rings. The lowest BCUT2D eigenvalue weighted by Crippen LogP contribution is -2.40. The maximum absolute atomic E-state index is 12.8. The van der Waals surface area contributed by atoms with Gasteiger partial charge in [-0.25, -0.2) is 16.8 Å². The van der Waals surface area contributed by atoms with Crippen molar-refractivity contribution in [3.63, 3.8) is 0 Å². The molecular weight excluding hydrogens is 384 g/mol. The molecule has 2 rings (SSSR count). The predicted molar refractivity (Wildman–Crippen MR) is 101 cm³/mol. The second-order valence-corrected chi connectivity index (χ2v) is 10.2. The van der Waals surface area contributed by atoms with Crippen LogP contribution in [0.25, 0.3) is 0 Å². The number of benzene rings is 1. The summed E-state index contributed by atoms with van der Waals surface area (Å²) in [4.78, 5) is 0.121. The number of sulfonamides is 1. The van der Waals surface area contributed by atoms with E-state index in [4.69, 9.17) is 0 Å². The minimum atomic E-state index is -3.65. The van der Waals surface area contributed by atoms with Crippen molar-refractivity contribution in [2.45, 2.75) is 36.5 Å². The van der Waals surface area contributed by atoms with Gasteiger partial charge < -0.3 is 5.32 Å². The van der Waals surface area contributed by atoms with Crippen molar-refractivity contribution in [1.29, 1.82) is 0 Å². The summed E-state index contributed by atoms with van der Waals surface area (Å²) in [6.45, 7) is 6.38. The van der Waals surface area contributed by atoms with Gasteiger partial charge in [0.15, 0.2) is 9.84 Å². The molecule has 0 radical (unpaired) electrons. The van der Waals surface area contributed by atoms with Gasteiger partial charge in [0.2, 0.25) is 10.0 Å². The first kappa shape index (κ1) is 22.4. The van der Waals surface area contributed by atoms with Crippen molar-refractivity contribution in [3.8, 4) is 0 Å². The molecule has 9 heteroatoms. The highest BCUT2D eigenvalue weighted by atomic mass is 35.5.